The van der Waals surface area contributed by atoms with Crippen LogP contribution in [-0.2, 0) is 0 Å². The molecule has 0 aromatic heterocycles. The molecule has 0 radical (unpaired) electrons. The van der Waals surface area contributed by atoms with E-state index in [0.29, 0.717) is 6.07 Å². The van der Waals surface area contributed by atoms with Crippen molar-refractivity contribution in [3.05, 3.63) is 65.2 Å². The summed E-state index contributed by atoms with van der Waals surface area (Å²) in [6.07, 6.45) is -1.14. The van der Waals surface area contributed by atoms with Crippen LogP contribution in [0.15, 0.2) is 36.4 Å². The highest BCUT2D eigenvalue weighted by atomic mass is 19.2. The zero-order chi connectivity index (χ0) is 15.6. The van der Waals surface area contributed by atoms with E-state index in [1.165, 1.54) is 6.92 Å². The van der Waals surface area contributed by atoms with Gasteiger partial charge in [0.15, 0.2) is 17.7 Å². The van der Waals surface area contributed by atoms with Gasteiger partial charge in [-0.1, -0.05) is 0 Å². The summed E-state index contributed by atoms with van der Waals surface area (Å²) in [7, 11) is 0. The Morgan fingerprint density at radius 2 is 1.67 bits per heavy atom. The predicted octanol–water partition coefficient (Wildman–Crippen LogP) is 3.89. The molecule has 110 valence electrons. The first-order valence-corrected chi connectivity index (χ1v) is 5.99. The Kier molecular flexibility index (Phi) is 4.26. The lowest BCUT2D eigenvalue weighted by atomic mass is 10.1. The summed E-state index contributed by atoms with van der Waals surface area (Å²) < 4.78 is 57.2. The molecular weight excluding hydrogens is 288 g/mol. The second-order valence-electron chi connectivity index (χ2n) is 4.32. The predicted molar refractivity (Wildman–Crippen MR) is 67.1 cm³/mol. The van der Waals surface area contributed by atoms with Gasteiger partial charge in [0.1, 0.15) is 17.4 Å². The average Bonchev–Trinajstić information content (AvgIpc) is 2.42. The minimum Gasteiger partial charge on any atom is -0.482 e. The molecule has 0 saturated heterocycles. The molecule has 0 amide bonds. The molecule has 0 aliphatic rings. The van der Waals surface area contributed by atoms with Gasteiger partial charge in [0.2, 0.25) is 5.78 Å². The van der Waals surface area contributed by atoms with Crippen LogP contribution in [-0.4, -0.2) is 11.9 Å². The van der Waals surface area contributed by atoms with Crippen molar-refractivity contribution in [3.8, 4) is 5.75 Å². The number of benzene rings is 2. The zero-order valence-corrected chi connectivity index (χ0v) is 10.9. The minimum absolute atomic E-state index is 0.0720. The number of ether oxygens (including phenoxy) is 1. The zero-order valence-electron chi connectivity index (χ0n) is 10.9. The lowest BCUT2D eigenvalue weighted by molar-refractivity contribution is 0.0813. The van der Waals surface area contributed by atoms with Gasteiger partial charge in [-0.05, 0) is 31.2 Å². The molecule has 6 heteroatoms. The van der Waals surface area contributed by atoms with Crippen molar-refractivity contribution >= 4 is 5.78 Å². The molecule has 0 aliphatic heterocycles. The minimum atomic E-state index is -1.14. The Labute approximate surface area is 118 Å². The molecular formula is C15H10F4O2. The van der Waals surface area contributed by atoms with E-state index in [4.69, 9.17) is 4.74 Å². The van der Waals surface area contributed by atoms with Crippen LogP contribution in [0, 0.1) is 23.3 Å². The van der Waals surface area contributed by atoms with E-state index in [0.717, 1.165) is 30.3 Å². The van der Waals surface area contributed by atoms with Gasteiger partial charge in [-0.3, -0.25) is 4.79 Å². The second-order valence-corrected chi connectivity index (χ2v) is 4.32. The van der Waals surface area contributed by atoms with E-state index in [1.807, 2.05) is 0 Å². The van der Waals surface area contributed by atoms with Crippen molar-refractivity contribution in [2.75, 3.05) is 0 Å². The molecule has 0 spiro atoms. The molecule has 2 rings (SSSR count). The van der Waals surface area contributed by atoms with E-state index < -0.39 is 35.2 Å². The SMILES string of the molecule is CC(Oc1ccc(F)c(F)c1)C(=O)c1ccc(F)cc1F. The molecule has 0 bridgehead atoms. The molecule has 2 aromatic carbocycles. The Bertz CT molecular complexity index is 685. The summed E-state index contributed by atoms with van der Waals surface area (Å²) in [5.74, 6) is -4.81. The number of halogens is 4. The highest BCUT2D eigenvalue weighted by molar-refractivity contribution is 5.99. The van der Waals surface area contributed by atoms with E-state index in [1.54, 1.807) is 0 Å². The number of carbonyl (C=O) groups is 1. The molecule has 0 heterocycles. The monoisotopic (exact) mass is 298 g/mol. The van der Waals surface area contributed by atoms with Gasteiger partial charge in [-0.25, -0.2) is 17.6 Å². The number of ketones is 1. The molecule has 1 atom stereocenters. The summed E-state index contributed by atoms with van der Waals surface area (Å²) in [6, 6.07) is 5.29. The fourth-order valence-corrected chi connectivity index (χ4v) is 1.72. The Morgan fingerprint density at radius 1 is 0.952 bits per heavy atom. The molecule has 1 unspecified atom stereocenters. The van der Waals surface area contributed by atoms with Crippen LogP contribution in [0.4, 0.5) is 17.6 Å². The maximum absolute atomic E-state index is 13.5. The van der Waals surface area contributed by atoms with Gasteiger partial charge in [-0.15, -0.1) is 0 Å². The molecule has 0 N–H and O–H groups in total. The third-order valence-electron chi connectivity index (χ3n) is 2.77. The van der Waals surface area contributed by atoms with Crippen LogP contribution in [0.5, 0.6) is 5.75 Å². The standard InChI is InChI=1S/C15H10F4O2/c1-8(21-10-3-5-12(17)14(19)7-10)15(20)11-4-2-9(16)6-13(11)18/h2-8H,1H3. The second kappa shape index (κ2) is 5.95. The van der Waals surface area contributed by atoms with Crippen LogP contribution >= 0.6 is 0 Å². The topological polar surface area (TPSA) is 26.3 Å². The van der Waals surface area contributed by atoms with Crippen molar-refractivity contribution in [3.63, 3.8) is 0 Å². The third kappa shape index (κ3) is 3.39. The quantitative estimate of drug-likeness (QED) is 0.632. The number of hydrogen-bond donors (Lipinski definition) is 0. The van der Waals surface area contributed by atoms with Crippen LogP contribution < -0.4 is 4.74 Å². The normalized spacial score (nSPS) is 12.0. The molecule has 0 fully saturated rings. The maximum atomic E-state index is 13.5. The van der Waals surface area contributed by atoms with E-state index in [-0.39, 0.29) is 11.3 Å². The largest absolute Gasteiger partial charge is 0.482 e. The summed E-state index contributed by atoms with van der Waals surface area (Å²) in [5.41, 5.74) is -0.341. The number of Topliss-reactive ketones (excluding diaryl/α,β-unsaturated/α-hetero) is 1. The third-order valence-corrected chi connectivity index (χ3v) is 2.77. The fraction of sp³-hybridized carbons (Fsp3) is 0.133. The van der Waals surface area contributed by atoms with Crippen molar-refractivity contribution in [2.24, 2.45) is 0 Å². The number of rotatable bonds is 4. The molecule has 2 aromatic rings. The Balaban J connectivity index is 2.17. The van der Waals surface area contributed by atoms with Gasteiger partial charge in [-0.2, -0.15) is 0 Å². The summed E-state index contributed by atoms with van der Waals surface area (Å²) in [4.78, 5) is 12.0. The van der Waals surface area contributed by atoms with Gasteiger partial charge >= 0.3 is 0 Å². The van der Waals surface area contributed by atoms with Gasteiger partial charge in [0.25, 0.3) is 0 Å². The number of carbonyl (C=O) groups excluding carboxylic acids is 1. The van der Waals surface area contributed by atoms with Crippen molar-refractivity contribution in [1.82, 2.24) is 0 Å². The van der Waals surface area contributed by atoms with Crippen molar-refractivity contribution in [1.29, 1.82) is 0 Å². The van der Waals surface area contributed by atoms with Gasteiger partial charge < -0.3 is 4.74 Å². The number of hydrogen-bond acceptors (Lipinski definition) is 2. The van der Waals surface area contributed by atoms with Gasteiger partial charge in [0.05, 0.1) is 5.56 Å². The molecule has 0 aliphatic carbocycles. The lowest BCUT2D eigenvalue weighted by Gasteiger charge is -2.14. The van der Waals surface area contributed by atoms with E-state index in [9.17, 15) is 22.4 Å². The first kappa shape index (κ1) is 15.0. The van der Waals surface area contributed by atoms with Crippen LogP contribution in [0.25, 0.3) is 0 Å². The van der Waals surface area contributed by atoms with Gasteiger partial charge in [0, 0.05) is 12.1 Å². The lowest BCUT2D eigenvalue weighted by Crippen LogP contribution is -2.25. The maximum Gasteiger partial charge on any atom is 0.205 e. The highest BCUT2D eigenvalue weighted by Gasteiger charge is 2.21. The fourth-order valence-electron chi connectivity index (χ4n) is 1.72. The average molecular weight is 298 g/mol. The van der Waals surface area contributed by atoms with Crippen molar-refractivity contribution < 1.29 is 27.1 Å². The first-order valence-electron chi connectivity index (χ1n) is 5.99. The molecule has 21 heavy (non-hydrogen) atoms. The summed E-state index contributed by atoms with van der Waals surface area (Å²) >= 11 is 0. The first-order chi connectivity index (χ1) is 9.88. The summed E-state index contributed by atoms with van der Waals surface area (Å²) in [5, 5.41) is 0. The molecule has 0 saturated carbocycles. The van der Waals surface area contributed by atoms with Crippen LogP contribution in [0.2, 0.25) is 0 Å². The summed E-state index contributed by atoms with van der Waals surface area (Å²) in [6.45, 7) is 1.33. The Morgan fingerprint density at radius 3 is 2.29 bits per heavy atom. The van der Waals surface area contributed by atoms with Crippen LogP contribution in [0.3, 0.4) is 0 Å². The Hall–Kier alpha value is -2.37. The molecule has 2 nitrogen and oxygen atoms in total. The smallest absolute Gasteiger partial charge is 0.205 e. The van der Waals surface area contributed by atoms with E-state index >= 15 is 0 Å². The van der Waals surface area contributed by atoms with E-state index in [2.05, 4.69) is 0 Å². The highest BCUT2D eigenvalue weighted by Crippen LogP contribution is 2.19. The van der Waals surface area contributed by atoms with Crippen molar-refractivity contribution in [2.45, 2.75) is 13.0 Å². The van der Waals surface area contributed by atoms with Crippen LogP contribution in [0.1, 0.15) is 17.3 Å².